The molecule has 0 aliphatic carbocycles. The van der Waals surface area contributed by atoms with E-state index in [2.05, 4.69) is 4.98 Å². The van der Waals surface area contributed by atoms with Gasteiger partial charge in [0, 0.05) is 18.9 Å². The third-order valence-electron chi connectivity index (χ3n) is 4.87. The van der Waals surface area contributed by atoms with Gasteiger partial charge in [-0.25, -0.2) is 0 Å². The highest BCUT2D eigenvalue weighted by Gasteiger charge is 2.30. The van der Waals surface area contributed by atoms with Crippen LogP contribution in [0.1, 0.15) is 27.0 Å². The van der Waals surface area contributed by atoms with Gasteiger partial charge in [0.15, 0.2) is 0 Å². The number of carbonyl (C=O) groups excluding carboxylic acids is 1. The fraction of sp³-hybridized carbons (Fsp3) is 0.250. The zero-order chi connectivity index (χ0) is 23.1. The highest BCUT2D eigenvalue weighted by Crippen LogP contribution is 2.30. The maximum Gasteiger partial charge on any atom is 0.416 e. The molecule has 1 atom stereocenters. The smallest absolute Gasteiger partial charge is 0.416 e. The Labute approximate surface area is 184 Å². The van der Waals surface area contributed by atoms with E-state index in [9.17, 15) is 23.1 Å². The highest BCUT2D eigenvalue weighted by molar-refractivity contribution is 5.93. The third-order valence-corrected chi connectivity index (χ3v) is 4.87. The van der Waals surface area contributed by atoms with E-state index in [1.807, 2.05) is 31.2 Å². The second-order valence-corrected chi connectivity index (χ2v) is 7.34. The van der Waals surface area contributed by atoms with Crippen LogP contribution < -0.4 is 4.74 Å². The van der Waals surface area contributed by atoms with E-state index < -0.39 is 17.8 Å². The molecule has 1 amide bonds. The molecule has 1 unspecified atom stereocenters. The Morgan fingerprint density at radius 3 is 2.44 bits per heavy atom. The van der Waals surface area contributed by atoms with Gasteiger partial charge >= 0.3 is 6.18 Å². The number of benzene rings is 2. The van der Waals surface area contributed by atoms with Gasteiger partial charge < -0.3 is 14.7 Å². The molecule has 3 aromatic rings. The number of amides is 1. The minimum absolute atomic E-state index is 0.0251. The summed E-state index contributed by atoms with van der Waals surface area (Å²) >= 11 is 0. The van der Waals surface area contributed by atoms with Crippen LogP contribution in [-0.2, 0) is 12.7 Å². The summed E-state index contributed by atoms with van der Waals surface area (Å²) in [6.45, 7) is 2.00. The second-order valence-electron chi connectivity index (χ2n) is 7.34. The number of aromatic nitrogens is 1. The van der Waals surface area contributed by atoms with Crippen LogP contribution in [0, 0.1) is 6.92 Å². The van der Waals surface area contributed by atoms with Crippen LogP contribution in [0.5, 0.6) is 5.75 Å². The van der Waals surface area contributed by atoms with Crippen molar-refractivity contribution in [1.82, 2.24) is 9.88 Å². The van der Waals surface area contributed by atoms with Gasteiger partial charge in [-0.1, -0.05) is 24.3 Å². The Bertz CT molecular complexity index is 1020. The van der Waals surface area contributed by atoms with Crippen molar-refractivity contribution in [3.05, 3.63) is 95.3 Å². The summed E-state index contributed by atoms with van der Waals surface area (Å²) in [5, 5.41) is 10.5. The van der Waals surface area contributed by atoms with Crippen molar-refractivity contribution in [2.75, 3.05) is 13.2 Å². The number of hydrogen-bond acceptors (Lipinski definition) is 4. The largest absolute Gasteiger partial charge is 0.491 e. The molecule has 5 nitrogen and oxygen atoms in total. The number of halogens is 3. The lowest BCUT2D eigenvalue weighted by Gasteiger charge is -2.26. The number of ether oxygens (including phenoxy) is 1. The van der Waals surface area contributed by atoms with E-state index in [-0.39, 0.29) is 31.4 Å². The van der Waals surface area contributed by atoms with Crippen LogP contribution in [0.25, 0.3) is 0 Å². The van der Waals surface area contributed by atoms with Crippen LogP contribution >= 0.6 is 0 Å². The number of alkyl halides is 3. The van der Waals surface area contributed by atoms with Gasteiger partial charge in [-0.2, -0.15) is 13.2 Å². The first kappa shape index (κ1) is 23.3. The summed E-state index contributed by atoms with van der Waals surface area (Å²) in [5.74, 6) is -0.101. The number of aliphatic hydroxyl groups is 1. The van der Waals surface area contributed by atoms with Gasteiger partial charge in [0.25, 0.3) is 5.91 Å². The van der Waals surface area contributed by atoms with Crippen molar-refractivity contribution in [3.8, 4) is 5.75 Å². The molecule has 8 heteroatoms. The van der Waals surface area contributed by atoms with Gasteiger partial charge in [0.1, 0.15) is 18.5 Å². The Hall–Kier alpha value is -3.39. The molecule has 0 fully saturated rings. The van der Waals surface area contributed by atoms with E-state index >= 15 is 0 Å². The summed E-state index contributed by atoms with van der Waals surface area (Å²) in [5.41, 5.74) is 1.54. The Kier molecular flexibility index (Phi) is 7.48. The first-order valence-corrected chi connectivity index (χ1v) is 9.96. The number of carbonyl (C=O) groups is 1. The quantitative estimate of drug-likeness (QED) is 0.556. The predicted octanol–water partition coefficient (Wildman–Crippen LogP) is 4.49. The highest BCUT2D eigenvalue weighted by atomic mass is 19.4. The van der Waals surface area contributed by atoms with Crippen LogP contribution in [0.4, 0.5) is 13.2 Å². The summed E-state index contributed by atoms with van der Waals surface area (Å²) in [6, 6.07) is 15.1. The standard InChI is InChI=1S/C24H23F3N2O3/c1-17-5-2-3-6-19(17)14-29(23(31)18-7-4-12-28-13-18)15-21(30)16-32-22-10-8-20(9-11-22)24(25,26)27/h2-13,21,30H,14-16H2,1H3. The van der Waals surface area contributed by atoms with Crippen LogP contribution in [-0.4, -0.2) is 40.2 Å². The molecule has 1 N–H and O–H groups in total. The molecule has 0 aliphatic heterocycles. The topological polar surface area (TPSA) is 62.7 Å². The van der Waals surface area contributed by atoms with Crippen molar-refractivity contribution in [3.63, 3.8) is 0 Å². The number of aryl methyl sites for hydroxylation is 1. The second kappa shape index (κ2) is 10.3. The maximum absolute atomic E-state index is 13.0. The summed E-state index contributed by atoms with van der Waals surface area (Å²) in [7, 11) is 0. The number of pyridine rings is 1. The van der Waals surface area contributed by atoms with Crippen LogP contribution in [0.3, 0.4) is 0 Å². The number of hydrogen-bond donors (Lipinski definition) is 1. The molecular weight excluding hydrogens is 421 g/mol. The fourth-order valence-corrected chi connectivity index (χ4v) is 3.12. The lowest BCUT2D eigenvalue weighted by Crippen LogP contribution is -2.39. The molecule has 1 aromatic heterocycles. The van der Waals surface area contributed by atoms with E-state index in [0.717, 1.165) is 23.3 Å². The van der Waals surface area contributed by atoms with Gasteiger partial charge in [0.2, 0.25) is 0 Å². The van der Waals surface area contributed by atoms with Crippen molar-refractivity contribution in [1.29, 1.82) is 0 Å². The lowest BCUT2D eigenvalue weighted by atomic mass is 10.1. The molecule has 0 bridgehead atoms. The van der Waals surface area contributed by atoms with Crippen molar-refractivity contribution in [2.24, 2.45) is 0 Å². The van der Waals surface area contributed by atoms with E-state index in [1.54, 1.807) is 18.3 Å². The van der Waals surface area contributed by atoms with E-state index in [0.29, 0.717) is 5.56 Å². The third kappa shape index (κ3) is 6.31. The number of rotatable bonds is 8. The lowest BCUT2D eigenvalue weighted by molar-refractivity contribution is -0.137. The minimum Gasteiger partial charge on any atom is -0.491 e. The molecule has 168 valence electrons. The molecule has 2 aromatic carbocycles. The molecule has 32 heavy (non-hydrogen) atoms. The van der Waals surface area contributed by atoms with Gasteiger partial charge in [-0.3, -0.25) is 9.78 Å². The number of nitrogens with zero attached hydrogens (tertiary/aromatic N) is 2. The molecule has 0 aliphatic rings. The average Bonchev–Trinajstić information content (AvgIpc) is 2.78. The first-order chi connectivity index (χ1) is 15.2. The predicted molar refractivity (Wildman–Crippen MR) is 113 cm³/mol. The van der Waals surface area contributed by atoms with E-state index in [4.69, 9.17) is 4.74 Å². The SMILES string of the molecule is Cc1ccccc1CN(CC(O)COc1ccc(C(F)(F)F)cc1)C(=O)c1cccnc1. The van der Waals surface area contributed by atoms with Crippen LogP contribution in [0.15, 0.2) is 73.1 Å². The fourth-order valence-electron chi connectivity index (χ4n) is 3.12. The zero-order valence-electron chi connectivity index (χ0n) is 17.4. The van der Waals surface area contributed by atoms with Gasteiger partial charge in [-0.15, -0.1) is 0 Å². The van der Waals surface area contributed by atoms with Gasteiger partial charge in [-0.05, 0) is 54.4 Å². The monoisotopic (exact) mass is 444 g/mol. The van der Waals surface area contributed by atoms with Crippen molar-refractivity contribution in [2.45, 2.75) is 25.7 Å². The van der Waals surface area contributed by atoms with E-state index in [1.165, 1.54) is 23.2 Å². The molecule has 0 spiro atoms. The zero-order valence-corrected chi connectivity index (χ0v) is 17.4. The summed E-state index contributed by atoms with van der Waals surface area (Å²) in [4.78, 5) is 18.5. The summed E-state index contributed by atoms with van der Waals surface area (Å²) in [6.07, 6.45) is -2.46. The first-order valence-electron chi connectivity index (χ1n) is 9.96. The summed E-state index contributed by atoms with van der Waals surface area (Å²) < 4.78 is 43.5. The molecule has 0 saturated carbocycles. The Morgan fingerprint density at radius 2 is 1.81 bits per heavy atom. The molecule has 0 saturated heterocycles. The number of aliphatic hydroxyl groups excluding tert-OH is 1. The van der Waals surface area contributed by atoms with Crippen LogP contribution in [0.2, 0.25) is 0 Å². The molecular formula is C24H23F3N2O3. The van der Waals surface area contributed by atoms with Crippen molar-refractivity contribution < 1.29 is 27.8 Å². The molecule has 1 heterocycles. The normalized spacial score (nSPS) is 12.3. The van der Waals surface area contributed by atoms with Crippen molar-refractivity contribution >= 4 is 5.91 Å². The molecule has 3 rings (SSSR count). The van der Waals surface area contributed by atoms with Gasteiger partial charge in [0.05, 0.1) is 17.7 Å². The minimum atomic E-state index is -4.43. The Morgan fingerprint density at radius 1 is 1.09 bits per heavy atom. The Balaban J connectivity index is 1.68. The maximum atomic E-state index is 13.0. The molecule has 0 radical (unpaired) electrons. The average molecular weight is 444 g/mol.